The van der Waals surface area contributed by atoms with Crippen molar-refractivity contribution < 1.29 is 4.79 Å². The number of carbonyl (C=O) groups excluding carboxylic acids is 1. The van der Waals surface area contributed by atoms with Crippen LogP contribution in [0.1, 0.15) is 79.2 Å². The maximum Gasteiger partial charge on any atom is 0.253 e. The van der Waals surface area contributed by atoms with E-state index in [9.17, 15) is 4.79 Å². The number of aromatic amines is 1. The van der Waals surface area contributed by atoms with Gasteiger partial charge < -0.3 is 10.3 Å². The van der Waals surface area contributed by atoms with Gasteiger partial charge in [-0.3, -0.25) is 9.78 Å². The van der Waals surface area contributed by atoms with Crippen LogP contribution in [0.25, 0.3) is 22.5 Å². The van der Waals surface area contributed by atoms with Crippen LogP contribution in [-0.2, 0) is 18.3 Å². The van der Waals surface area contributed by atoms with Crippen molar-refractivity contribution in [1.29, 1.82) is 0 Å². The lowest BCUT2D eigenvalue weighted by Gasteiger charge is -2.21. The number of hydrogen-bond donors (Lipinski definition) is 2. The number of aromatic nitrogens is 2. The fraction of sp³-hybridized carbons (Fsp3) is 0.407. The molecule has 1 aliphatic carbocycles. The monoisotopic (exact) mass is 413 g/mol. The molecule has 0 bridgehead atoms. The van der Waals surface area contributed by atoms with Crippen LogP contribution in [0.5, 0.6) is 0 Å². The molecule has 1 saturated carbocycles. The quantitative estimate of drug-likeness (QED) is 0.558. The summed E-state index contributed by atoms with van der Waals surface area (Å²) in [6.07, 6.45) is 6.21. The van der Waals surface area contributed by atoms with E-state index in [1.807, 2.05) is 18.3 Å². The third-order valence-electron chi connectivity index (χ3n) is 7.09. The number of nitrogens with zero attached hydrogens (tertiary/aromatic N) is 1. The van der Waals surface area contributed by atoms with Gasteiger partial charge in [-0.1, -0.05) is 27.7 Å². The molecule has 1 aliphatic heterocycles. The minimum absolute atomic E-state index is 0.0359. The minimum Gasteiger partial charge on any atom is -0.357 e. The van der Waals surface area contributed by atoms with E-state index in [-0.39, 0.29) is 11.3 Å². The molecule has 4 nitrogen and oxygen atoms in total. The van der Waals surface area contributed by atoms with Crippen LogP contribution >= 0.6 is 0 Å². The van der Waals surface area contributed by atoms with Crippen LogP contribution in [0.3, 0.4) is 0 Å². The first kappa shape index (κ1) is 20.0. The van der Waals surface area contributed by atoms with Crippen molar-refractivity contribution in [3.8, 4) is 22.5 Å². The van der Waals surface area contributed by atoms with Gasteiger partial charge in [0.1, 0.15) is 0 Å². The molecule has 3 heterocycles. The second kappa shape index (κ2) is 7.37. The maximum atomic E-state index is 12.4. The zero-order valence-electron chi connectivity index (χ0n) is 18.9. The van der Waals surface area contributed by atoms with Crippen molar-refractivity contribution in [1.82, 2.24) is 15.3 Å². The van der Waals surface area contributed by atoms with Crippen molar-refractivity contribution >= 4 is 5.91 Å². The first-order valence-corrected chi connectivity index (χ1v) is 11.6. The fourth-order valence-electron chi connectivity index (χ4n) is 5.23. The van der Waals surface area contributed by atoms with Gasteiger partial charge in [0.2, 0.25) is 0 Å². The lowest BCUT2D eigenvalue weighted by Crippen LogP contribution is -2.38. The topological polar surface area (TPSA) is 57.8 Å². The molecule has 1 spiro atoms. The number of aryl methyl sites for hydroxylation is 2. The summed E-state index contributed by atoms with van der Waals surface area (Å²) in [5, 5.41) is 3.06. The number of carbonyl (C=O) groups is 1. The highest BCUT2D eigenvalue weighted by molar-refractivity contribution is 5.99. The van der Waals surface area contributed by atoms with E-state index >= 15 is 0 Å². The van der Waals surface area contributed by atoms with Crippen molar-refractivity contribution in [2.75, 3.05) is 6.54 Å². The van der Waals surface area contributed by atoms with Gasteiger partial charge in [0.25, 0.3) is 5.91 Å². The lowest BCUT2D eigenvalue weighted by atomic mass is 9.87. The van der Waals surface area contributed by atoms with E-state index in [2.05, 4.69) is 56.2 Å². The van der Waals surface area contributed by atoms with Crippen LogP contribution in [0.4, 0.5) is 0 Å². The average molecular weight is 414 g/mol. The molecule has 2 aliphatic rings. The van der Waals surface area contributed by atoms with Crippen molar-refractivity contribution in [3.05, 3.63) is 64.5 Å². The second-order valence-electron chi connectivity index (χ2n) is 9.43. The summed E-state index contributed by atoms with van der Waals surface area (Å²) in [6.45, 7) is 9.78. The molecule has 0 saturated heterocycles. The molecule has 31 heavy (non-hydrogen) atoms. The lowest BCUT2D eigenvalue weighted by molar-refractivity contribution is 0.0937. The van der Waals surface area contributed by atoms with E-state index < -0.39 is 0 Å². The number of amides is 1. The van der Waals surface area contributed by atoms with Gasteiger partial charge in [-0.2, -0.15) is 0 Å². The molecule has 2 aromatic heterocycles. The Morgan fingerprint density at radius 2 is 1.74 bits per heavy atom. The first-order chi connectivity index (χ1) is 15.0. The standard InChI is InChI=1S/C27H31N3O/c1-5-17-11-20(12-18(6-2)24(17)16(3)4)22-13-19(7-10-28-22)23-14-21-25(30-23)27(8-9-27)15-29-26(21)31/h7,10-14,16,30H,5-6,8-9,15H2,1-4H3,(H,29,31). The Morgan fingerprint density at radius 1 is 1.03 bits per heavy atom. The molecule has 4 heteroatoms. The molecule has 160 valence electrons. The Hall–Kier alpha value is -2.88. The zero-order valence-corrected chi connectivity index (χ0v) is 18.9. The molecule has 0 radical (unpaired) electrons. The number of fused-ring (bicyclic) bond motifs is 2. The summed E-state index contributed by atoms with van der Waals surface area (Å²) in [5.41, 5.74) is 10.6. The summed E-state index contributed by atoms with van der Waals surface area (Å²) in [7, 11) is 0. The predicted molar refractivity (Wildman–Crippen MR) is 126 cm³/mol. The smallest absolute Gasteiger partial charge is 0.253 e. The molecule has 5 rings (SSSR count). The predicted octanol–water partition coefficient (Wildman–Crippen LogP) is 5.77. The van der Waals surface area contributed by atoms with Gasteiger partial charge in [-0.25, -0.2) is 0 Å². The number of nitrogens with one attached hydrogen (secondary N) is 2. The summed E-state index contributed by atoms with van der Waals surface area (Å²) in [5.74, 6) is 0.554. The Bertz CT molecular complexity index is 1140. The summed E-state index contributed by atoms with van der Waals surface area (Å²) in [6, 6.07) is 10.8. The molecule has 1 fully saturated rings. The maximum absolute atomic E-state index is 12.4. The molecule has 0 unspecified atom stereocenters. The van der Waals surface area contributed by atoms with Crippen LogP contribution in [0, 0.1) is 0 Å². The van der Waals surface area contributed by atoms with E-state index in [1.165, 1.54) is 22.3 Å². The molecular formula is C27H31N3O. The summed E-state index contributed by atoms with van der Waals surface area (Å²) in [4.78, 5) is 20.7. The molecule has 1 aromatic carbocycles. The number of H-pyrrole nitrogens is 1. The number of pyridine rings is 1. The Morgan fingerprint density at radius 3 is 2.35 bits per heavy atom. The van der Waals surface area contributed by atoms with Crippen molar-refractivity contribution in [3.63, 3.8) is 0 Å². The third kappa shape index (κ3) is 3.29. The van der Waals surface area contributed by atoms with E-state index in [0.29, 0.717) is 5.92 Å². The SMILES string of the molecule is CCc1cc(-c2cc(-c3cc4c([nH]3)C3(CC3)CNC4=O)ccn2)cc(CC)c1C(C)C. The number of benzene rings is 1. The van der Waals surface area contributed by atoms with Crippen LogP contribution in [0.2, 0.25) is 0 Å². The van der Waals surface area contributed by atoms with E-state index in [4.69, 9.17) is 4.98 Å². The highest BCUT2D eigenvalue weighted by Crippen LogP contribution is 2.50. The Kier molecular flexibility index (Phi) is 4.76. The molecule has 2 N–H and O–H groups in total. The van der Waals surface area contributed by atoms with Crippen LogP contribution in [-0.4, -0.2) is 22.4 Å². The molecular weight excluding hydrogens is 382 g/mol. The fourth-order valence-corrected chi connectivity index (χ4v) is 5.23. The van der Waals surface area contributed by atoms with Gasteiger partial charge in [0, 0.05) is 40.7 Å². The van der Waals surface area contributed by atoms with Gasteiger partial charge >= 0.3 is 0 Å². The van der Waals surface area contributed by atoms with Crippen molar-refractivity contribution in [2.45, 2.75) is 64.7 Å². The van der Waals surface area contributed by atoms with Gasteiger partial charge in [-0.05, 0) is 78.6 Å². The Labute approximate surface area is 184 Å². The highest BCUT2D eigenvalue weighted by atomic mass is 16.1. The summed E-state index contributed by atoms with van der Waals surface area (Å²) >= 11 is 0. The van der Waals surface area contributed by atoms with Gasteiger partial charge in [0.05, 0.1) is 11.3 Å². The minimum atomic E-state index is 0.0359. The number of rotatable bonds is 5. The van der Waals surface area contributed by atoms with Crippen molar-refractivity contribution in [2.24, 2.45) is 0 Å². The van der Waals surface area contributed by atoms with E-state index in [0.717, 1.165) is 60.4 Å². The van der Waals surface area contributed by atoms with E-state index in [1.54, 1.807) is 0 Å². The third-order valence-corrected chi connectivity index (χ3v) is 7.09. The molecule has 0 atom stereocenters. The van der Waals surface area contributed by atoms with Crippen LogP contribution in [0.15, 0.2) is 36.5 Å². The van der Waals surface area contributed by atoms with Gasteiger partial charge in [0.15, 0.2) is 0 Å². The molecule has 3 aromatic rings. The summed E-state index contributed by atoms with van der Waals surface area (Å²) < 4.78 is 0. The first-order valence-electron chi connectivity index (χ1n) is 11.6. The van der Waals surface area contributed by atoms with Crippen LogP contribution < -0.4 is 5.32 Å². The largest absolute Gasteiger partial charge is 0.357 e. The second-order valence-corrected chi connectivity index (χ2v) is 9.43. The number of hydrogen-bond acceptors (Lipinski definition) is 2. The van der Waals surface area contributed by atoms with Gasteiger partial charge in [-0.15, -0.1) is 0 Å². The average Bonchev–Trinajstić information content (AvgIpc) is 3.41. The highest BCUT2D eigenvalue weighted by Gasteiger charge is 2.50. The normalized spacial score (nSPS) is 16.5. The Balaban J connectivity index is 1.57. The molecule has 1 amide bonds. The zero-order chi connectivity index (χ0) is 21.8.